The highest BCUT2D eigenvalue weighted by molar-refractivity contribution is 7.99. The predicted octanol–water partition coefficient (Wildman–Crippen LogP) is 1.61. The Balaban J connectivity index is 1.94. The molecule has 138 valence electrons. The number of thioether (sulfide) groups is 1. The molecule has 26 heavy (non-hydrogen) atoms. The predicted molar refractivity (Wildman–Crippen MR) is 86.5 cm³/mol. The molecule has 12 heteroatoms. The smallest absolute Gasteiger partial charge is 0.324 e. The zero-order valence-electron chi connectivity index (χ0n) is 13.4. The summed E-state index contributed by atoms with van der Waals surface area (Å²) in [5.41, 5.74) is 0.158. The molecular formula is C14H13F3N6O2S. The van der Waals surface area contributed by atoms with Crippen molar-refractivity contribution >= 4 is 35.0 Å². The van der Waals surface area contributed by atoms with Crippen molar-refractivity contribution in [2.45, 2.75) is 23.8 Å². The molecule has 3 rings (SSSR count). The molecule has 1 aliphatic rings. The molecule has 1 aromatic carbocycles. The quantitative estimate of drug-likeness (QED) is 0.806. The average Bonchev–Trinajstić information content (AvgIpc) is 2.90. The van der Waals surface area contributed by atoms with Crippen LogP contribution < -0.4 is 10.2 Å². The average molecular weight is 386 g/mol. The lowest BCUT2D eigenvalue weighted by Crippen LogP contribution is -2.50. The molecule has 2 heterocycles. The molecule has 0 aliphatic carbocycles. The van der Waals surface area contributed by atoms with Crippen molar-refractivity contribution in [3.63, 3.8) is 0 Å². The van der Waals surface area contributed by atoms with E-state index in [2.05, 4.69) is 20.8 Å². The second-order valence-corrected chi connectivity index (χ2v) is 6.41. The van der Waals surface area contributed by atoms with E-state index in [0.717, 1.165) is 11.8 Å². The summed E-state index contributed by atoms with van der Waals surface area (Å²) in [6.45, 7) is 0. The minimum atomic E-state index is -4.76. The van der Waals surface area contributed by atoms with Crippen LogP contribution in [0.5, 0.6) is 0 Å². The van der Waals surface area contributed by atoms with Crippen molar-refractivity contribution in [3.8, 4) is 0 Å². The number of hydrogen-bond donors (Lipinski definition) is 1. The molecule has 8 nitrogen and oxygen atoms in total. The van der Waals surface area contributed by atoms with E-state index in [9.17, 15) is 22.8 Å². The molecule has 2 aromatic rings. The number of amides is 2. The Morgan fingerprint density at radius 1 is 1.38 bits per heavy atom. The van der Waals surface area contributed by atoms with Crippen LogP contribution in [0.25, 0.3) is 0 Å². The monoisotopic (exact) mass is 386 g/mol. The molecule has 0 radical (unpaired) electrons. The third kappa shape index (κ3) is 3.64. The Kier molecular flexibility index (Phi) is 4.85. The number of tetrazole rings is 1. The molecule has 0 bridgehead atoms. The molecule has 1 aliphatic heterocycles. The number of carbonyl (C=O) groups is 2. The van der Waals surface area contributed by atoms with E-state index in [0.29, 0.717) is 10.1 Å². The van der Waals surface area contributed by atoms with Crippen LogP contribution in [-0.2, 0) is 16.6 Å². The van der Waals surface area contributed by atoms with E-state index in [-0.39, 0.29) is 17.1 Å². The van der Waals surface area contributed by atoms with Crippen LogP contribution in [0.1, 0.15) is 6.42 Å². The third-order valence-corrected chi connectivity index (χ3v) is 4.68. The minimum absolute atomic E-state index is 0.00219. The Labute approximate surface area is 149 Å². The minimum Gasteiger partial charge on any atom is -0.324 e. The molecule has 2 amide bonds. The van der Waals surface area contributed by atoms with Crippen molar-refractivity contribution in [2.75, 3.05) is 16.0 Å². The Bertz CT molecular complexity index is 840. The molecule has 1 N–H and O–H groups in total. The maximum atomic E-state index is 13.6. The zero-order valence-corrected chi connectivity index (χ0v) is 14.2. The zero-order chi connectivity index (χ0) is 18.9. The number of nitrogens with one attached hydrogen (secondary N) is 1. The van der Waals surface area contributed by atoms with E-state index < -0.39 is 30.5 Å². The third-order valence-electron chi connectivity index (χ3n) is 3.68. The molecule has 1 unspecified atom stereocenters. The largest absolute Gasteiger partial charge is 0.409 e. The van der Waals surface area contributed by atoms with Crippen molar-refractivity contribution in [3.05, 3.63) is 24.3 Å². The van der Waals surface area contributed by atoms with Crippen LogP contribution in [0.15, 0.2) is 29.4 Å². The lowest BCUT2D eigenvalue weighted by molar-refractivity contribution is -0.157. The van der Waals surface area contributed by atoms with Gasteiger partial charge in [0.2, 0.25) is 17.0 Å². The number of rotatable bonds is 3. The van der Waals surface area contributed by atoms with E-state index >= 15 is 0 Å². The molecular weight excluding hydrogens is 373 g/mol. The molecule has 0 spiro atoms. The highest BCUT2D eigenvalue weighted by Crippen LogP contribution is 2.38. The number of hydrogen-bond acceptors (Lipinski definition) is 6. The van der Waals surface area contributed by atoms with Gasteiger partial charge >= 0.3 is 6.18 Å². The van der Waals surface area contributed by atoms with Gasteiger partial charge in [0.25, 0.3) is 0 Å². The number of fused-ring (bicyclic) bond motifs is 1. The number of nitrogens with zero attached hydrogens (tertiary/aromatic N) is 5. The fraction of sp³-hybridized carbons (Fsp3) is 0.357. The van der Waals surface area contributed by atoms with Crippen LogP contribution >= 0.6 is 11.8 Å². The number of aryl methyl sites for hydroxylation is 1. The summed E-state index contributed by atoms with van der Waals surface area (Å²) in [6, 6.07) is 3.63. The number of halogens is 3. The normalized spacial score (nSPS) is 17.5. The van der Waals surface area contributed by atoms with Crippen molar-refractivity contribution in [1.82, 2.24) is 20.2 Å². The summed E-state index contributed by atoms with van der Waals surface area (Å²) in [4.78, 5) is 25.2. The van der Waals surface area contributed by atoms with Gasteiger partial charge in [0.15, 0.2) is 0 Å². The van der Waals surface area contributed by atoms with Crippen LogP contribution in [0.3, 0.4) is 0 Å². The summed E-state index contributed by atoms with van der Waals surface area (Å²) < 4.78 is 42.0. The van der Waals surface area contributed by atoms with Gasteiger partial charge in [-0.25, -0.2) is 4.68 Å². The van der Waals surface area contributed by atoms with E-state index in [1.807, 2.05) is 0 Å². The summed E-state index contributed by atoms with van der Waals surface area (Å²) in [6.07, 6.45) is -5.64. The lowest BCUT2D eigenvalue weighted by Gasteiger charge is -2.31. The van der Waals surface area contributed by atoms with E-state index in [1.54, 1.807) is 13.1 Å². The number of para-hydroxylation sites is 2. The van der Waals surface area contributed by atoms with Gasteiger partial charge in [-0.1, -0.05) is 23.9 Å². The van der Waals surface area contributed by atoms with Crippen molar-refractivity contribution in [2.24, 2.45) is 7.05 Å². The Morgan fingerprint density at radius 3 is 2.77 bits per heavy atom. The van der Waals surface area contributed by atoms with E-state index in [1.165, 1.54) is 22.9 Å². The van der Waals surface area contributed by atoms with Gasteiger partial charge in [-0.3, -0.25) is 14.5 Å². The summed E-state index contributed by atoms with van der Waals surface area (Å²) in [7, 11) is 1.55. The number of aromatic nitrogens is 4. The van der Waals surface area contributed by atoms with Crippen molar-refractivity contribution < 1.29 is 22.8 Å². The first kappa shape index (κ1) is 18.2. The number of benzene rings is 1. The standard InChI is InChI=1S/C14H13F3N6O2S/c1-22-13(19-20-21-22)26-7-12(25)23-9-5-3-2-4-8(9)18-11(24)6-10(23)14(15,16)17/h2-5,10H,6-7H2,1H3,(H,18,24). The summed E-state index contributed by atoms with van der Waals surface area (Å²) >= 11 is 0.913. The van der Waals surface area contributed by atoms with Gasteiger partial charge in [0.1, 0.15) is 6.04 Å². The maximum absolute atomic E-state index is 13.6. The Morgan fingerprint density at radius 2 is 2.12 bits per heavy atom. The van der Waals surface area contributed by atoms with Gasteiger partial charge in [-0.2, -0.15) is 13.2 Å². The second kappa shape index (κ2) is 6.94. The molecule has 0 fully saturated rings. The van der Waals surface area contributed by atoms with Gasteiger partial charge in [0, 0.05) is 7.05 Å². The first-order valence-corrected chi connectivity index (χ1v) is 8.38. The van der Waals surface area contributed by atoms with Crippen LogP contribution in [0, 0.1) is 0 Å². The molecule has 1 atom stereocenters. The number of carbonyl (C=O) groups excluding carboxylic acids is 2. The van der Waals surface area contributed by atoms with Gasteiger partial charge in [0.05, 0.1) is 23.5 Å². The number of anilines is 2. The maximum Gasteiger partial charge on any atom is 0.409 e. The highest BCUT2D eigenvalue weighted by Gasteiger charge is 2.48. The number of alkyl halides is 3. The van der Waals surface area contributed by atoms with Gasteiger partial charge < -0.3 is 5.32 Å². The molecule has 0 saturated heterocycles. The topological polar surface area (TPSA) is 93.0 Å². The summed E-state index contributed by atoms with van der Waals surface area (Å²) in [5.74, 6) is -1.92. The second-order valence-electron chi connectivity index (χ2n) is 5.46. The van der Waals surface area contributed by atoms with Crippen LogP contribution in [-0.4, -0.2) is 50.0 Å². The first-order chi connectivity index (χ1) is 12.3. The molecule has 0 saturated carbocycles. The fourth-order valence-corrected chi connectivity index (χ4v) is 3.24. The Hall–Kier alpha value is -2.63. The van der Waals surface area contributed by atoms with Gasteiger partial charge in [-0.05, 0) is 22.6 Å². The molecule has 1 aromatic heterocycles. The van der Waals surface area contributed by atoms with Gasteiger partial charge in [-0.15, -0.1) is 5.10 Å². The fourth-order valence-electron chi connectivity index (χ4n) is 2.54. The SMILES string of the molecule is Cn1nnnc1SCC(=O)N1c2ccccc2NC(=O)CC1C(F)(F)F. The van der Waals surface area contributed by atoms with E-state index in [4.69, 9.17) is 0 Å². The van der Waals surface area contributed by atoms with Crippen molar-refractivity contribution in [1.29, 1.82) is 0 Å². The van der Waals surface area contributed by atoms with Crippen LogP contribution in [0.4, 0.5) is 24.5 Å². The lowest BCUT2D eigenvalue weighted by atomic mass is 10.1. The highest BCUT2D eigenvalue weighted by atomic mass is 32.2. The summed E-state index contributed by atoms with van der Waals surface area (Å²) in [5, 5.41) is 13.4. The van der Waals surface area contributed by atoms with Crippen LogP contribution in [0.2, 0.25) is 0 Å². The first-order valence-electron chi connectivity index (χ1n) is 7.40.